The third-order valence-electron chi connectivity index (χ3n) is 5.80. The number of carbonyl (C=O) groups excluding carboxylic acids is 1. The van der Waals surface area contributed by atoms with Crippen LogP contribution in [-0.4, -0.2) is 44.7 Å². The molecule has 0 radical (unpaired) electrons. The molecule has 0 unspecified atom stereocenters. The van der Waals surface area contributed by atoms with E-state index in [1.54, 1.807) is 14.2 Å². The van der Waals surface area contributed by atoms with Crippen LogP contribution in [0, 0.1) is 0 Å². The van der Waals surface area contributed by atoms with Crippen molar-refractivity contribution in [3.05, 3.63) is 53.6 Å². The normalized spacial score (nSPS) is 21.2. The molecule has 154 valence electrons. The smallest absolute Gasteiger partial charge is 0.234 e. The number of para-hydroxylation sites is 1. The molecule has 1 N–H and O–H groups in total. The summed E-state index contributed by atoms with van der Waals surface area (Å²) >= 11 is 0. The first-order valence-electron chi connectivity index (χ1n) is 10.2. The van der Waals surface area contributed by atoms with E-state index in [1.807, 2.05) is 42.5 Å². The third-order valence-corrected chi connectivity index (χ3v) is 5.80. The number of fused-ring (bicyclic) bond motifs is 1. The van der Waals surface area contributed by atoms with Gasteiger partial charge in [-0.2, -0.15) is 0 Å². The molecule has 1 amide bonds. The molecule has 1 fully saturated rings. The van der Waals surface area contributed by atoms with Crippen molar-refractivity contribution in [2.75, 3.05) is 33.9 Å². The van der Waals surface area contributed by atoms with Crippen molar-refractivity contribution in [1.29, 1.82) is 0 Å². The molecule has 0 spiro atoms. The van der Waals surface area contributed by atoms with Crippen molar-refractivity contribution in [2.45, 2.75) is 31.3 Å². The third kappa shape index (κ3) is 4.17. The van der Waals surface area contributed by atoms with Crippen molar-refractivity contribution >= 4 is 5.91 Å². The average Bonchev–Trinajstić information content (AvgIpc) is 3.21. The van der Waals surface area contributed by atoms with E-state index in [1.165, 1.54) is 0 Å². The van der Waals surface area contributed by atoms with Crippen molar-refractivity contribution in [2.24, 2.45) is 0 Å². The van der Waals surface area contributed by atoms with Crippen LogP contribution in [-0.2, 0) is 4.79 Å². The Labute approximate surface area is 171 Å². The lowest BCUT2D eigenvalue weighted by molar-refractivity contribution is -0.123. The summed E-state index contributed by atoms with van der Waals surface area (Å²) in [5.74, 6) is 2.54. The second-order valence-electron chi connectivity index (χ2n) is 7.53. The number of benzene rings is 2. The second-order valence-corrected chi connectivity index (χ2v) is 7.53. The summed E-state index contributed by atoms with van der Waals surface area (Å²) in [5.41, 5.74) is 2.13. The number of likely N-dealkylation sites (tertiary alicyclic amines) is 1. The number of carbonyl (C=O) groups is 1. The molecule has 0 saturated carbocycles. The Hall–Kier alpha value is -2.73. The molecule has 0 bridgehead atoms. The Kier molecular flexibility index (Phi) is 5.90. The van der Waals surface area contributed by atoms with Crippen molar-refractivity contribution in [1.82, 2.24) is 10.2 Å². The van der Waals surface area contributed by atoms with Crippen LogP contribution in [0.5, 0.6) is 17.2 Å². The first kappa shape index (κ1) is 19.6. The molecule has 2 aliphatic heterocycles. The molecule has 2 aromatic carbocycles. The maximum absolute atomic E-state index is 12.9. The summed E-state index contributed by atoms with van der Waals surface area (Å²) in [6, 6.07) is 13.9. The highest BCUT2D eigenvalue weighted by Gasteiger charge is 2.31. The minimum Gasteiger partial charge on any atom is -0.497 e. The van der Waals surface area contributed by atoms with Gasteiger partial charge in [-0.3, -0.25) is 9.69 Å². The highest BCUT2D eigenvalue weighted by Crippen LogP contribution is 2.39. The van der Waals surface area contributed by atoms with Gasteiger partial charge in [0, 0.05) is 23.6 Å². The number of nitrogens with one attached hydrogen (secondary N) is 1. The van der Waals surface area contributed by atoms with E-state index in [0.717, 1.165) is 54.2 Å². The van der Waals surface area contributed by atoms with E-state index < -0.39 is 0 Å². The number of hydrogen-bond donors (Lipinski definition) is 1. The molecule has 0 aromatic heterocycles. The SMILES string of the molecule is COc1ccc(OC)c([C@@H]2CCCN2CC(=O)N[C@H]2CCOc3ccccc32)c1. The van der Waals surface area contributed by atoms with Gasteiger partial charge < -0.3 is 19.5 Å². The van der Waals surface area contributed by atoms with E-state index in [-0.39, 0.29) is 18.0 Å². The molecule has 4 rings (SSSR count). The van der Waals surface area contributed by atoms with Gasteiger partial charge in [0.1, 0.15) is 17.2 Å². The van der Waals surface area contributed by atoms with Gasteiger partial charge in [-0.25, -0.2) is 0 Å². The van der Waals surface area contributed by atoms with E-state index in [0.29, 0.717) is 13.2 Å². The summed E-state index contributed by atoms with van der Waals surface area (Å²) < 4.78 is 16.7. The van der Waals surface area contributed by atoms with Gasteiger partial charge in [0.25, 0.3) is 0 Å². The second kappa shape index (κ2) is 8.74. The van der Waals surface area contributed by atoms with E-state index in [2.05, 4.69) is 10.2 Å². The number of amides is 1. The van der Waals surface area contributed by atoms with Gasteiger partial charge in [0.15, 0.2) is 0 Å². The molecule has 6 heteroatoms. The minimum atomic E-state index is -0.000131. The number of ether oxygens (including phenoxy) is 3. The van der Waals surface area contributed by atoms with Crippen molar-refractivity contribution in [3.63, 3.8) is 0 Å². The summed E-state index contributed by atoms with van der Waals surface area (Å²) in [5, 5.41) is 3.21. The van der Waals surface area contributed by atoms with Gasteiger partial charge in [-0.15, -0.1) is 0 Å². The van der Waals surface area contributed by atoms with Gasteiger partial charge in [0.2, 0.25) is 5.91 Å². The predicted octanol–water partition coefficient (Wildman–Crippen LogP) is 3.48. The first-order valence-corrected chi connectivity index (χ1v) is 10.2. The lowest BCUT2D eigenvalue weighted by atomic mass is 10.0. The van der Waals surface area contributed by atoms with Crippen LogP contribution in [0.15, 0.2) is 42.5 Å². The Balaban J connectivity index is 1.46. The van der Waals surface area contributed by atoms with E-state index in [9.17, 15) is 4.79 Å². The zero-order chi connectivity index (χ0) is 20.2. The molecule has 2 heterocycles. The van der Waals surface area contributed by atoms with E-state index in [4.69, 9.17) is 14.2 Å². The number of methoxy groups -OCH3 is 2. The topological polar surface area (TPSA) is 60.0 Å². The molecule has 1 saturated heterocycles. The lowest BCUT2D eigenvalue weighted by Gasteiger charge is -2.29. The zero-order valence-electron chi connectivity index (χ0n) is 17.0. The first-order chi connectivity index (χ1) is 14.2. The van der Waals surface area contributed by atoms with E-state index >= 15 is 0 Å². The zero-order valence-corrected chi connectivity index (χ0v) is 17.0. The molecule has 0 aliphatic carbocycles. The number of nitrogens with zero attached hydrogens (tertiary/aromatic N) is 1. The molecule has 6 nitrogen and oxygen atoms in total. The van der Waals surface area contributed by atoms with Crippen LogP contribution in [0.1, 0.15) is 42.5 Å². The van der Waals surface area contributed by atoms with Crippen LogP contribution in [0.3, 0.4) is 0 Å². The maximum Gasteiger partial charge on any atom is 0.234 e. The molecule has 2 atom stereocenters. The molecule has 2 aromatic rings. The number of rotatable bonds is 6. The van der Waals surface area contributed by atoms with Gasteiger partial charge >= 0.3 is 0 Å². The monoisotopic (exact) mass is 396 g/mol. The maximum atomic E-state index is 12.9. The van der Waals surface area contributed by atoms with Crippen LogP contribution >= 0.6 is 0 Å². The predicted molar refractivity (Wildman–Crippen MR) is 111 cm³/mol. The standard InChI is InChI=1S/C23H28N2O4/c1-27-16-9-10-21(28-2)18(14-16)20-7-5-12-25(20)15-23(26)24-19-11-13-29-22-8-4-3-6-17(19)22/h3-4,6,8-10,14,19-20H,5,7,11-13,15H2,1-2H3,(H,24,26)/t19-,20-/m0/s1. The summed E-state index contributed by atoms with van der Waals surface area (Å²) in [4.78, 5) is 15.1. The summed E-state index contributed by atoms with van der Waals surface area (Å²) in [6.45, 7) is 1.88. The Morgan fingerprint density at radius 2 is 2.00 bits per heavy atom. The average molecular weight is 396 g/mol. The van der Waals surface area contributed by atoms with Gasteiger partial charge in [0.05, 0.1) is 33.4 Å². The fraction of sp³-hybridized carbons (Fsp3) is 0.435. The summed E-state index contributed by atoms with van der Waals surface area (Å²) in [6.07, 6.45) is 2.84. The number of hydrogen-bond acceptors (Lipinski definition) is 5. The van der Waals surface area contributed by atoms with Crippen LogP contribution in [0.2, 0.25) is 0 Å². The largest absolute Gasteiger partial charge is 0.497 e. The fourth-order valence-electron chi connectivity index (χ4n) is 4.38. The highest BCUT2D eigenvalue weighted by molar-refractivity contribution is 5.79. The Morgan fingerprint density at radius 3 is 2.83 bits per heavy atom. The van der Waals surface area contributed by atoms with Gasteiger partial charge in [-0.05, 0) is 43.7 Å². The molecule has 2 aliphatic rings. The van der Waals surface area contributed by atoms with Crippen LogP contribution in [0.4, 0.5) is 0 Å². The van der Waals surface area contributed by atoms with Crippen LogP contribution in [0.25, 0.3) is 0 Å². The minimum absolute atomic E-state index is 0.000131. The highest BCUT2D eigenvalue weighted by atomic mass is 16.5. The van der Waals surface area contributed by atoms with Crippen molar-refractivity contribution in [3.8, 4) is 17.2 Å². The molecule has 29 heavy (non-hydrogen) atoms. The van der Waals surface area contributed by atoms with Crippen LogP contribution < -0.4 is 19.5 Å². The lowest BCUT2D eigenvalue weighted by Crippen LogP contribution is -2.40. The Bertz CT molecular complexity index is 870. The summed E-state index contributed by atoms with van der Waals surface area (Å²) in [7, 11) is 3.34. The molecular weight excluding hydrogens is 368 g/mol. The Morgan fingerprint density at radius 1 is 1.14 bits per heavy atom. The molecular formula is C23H28N2O4. The van der Waals surface area contributed by atoms with Gasteiger partial charge in [-0.1, -0.05) is 18.2 Å². The quantitative estimate of drug-likeness (QED) is 0.810. The van der Waals surface area contributed by atoms with Crippen molar-refractivity contribution < 1.29 is 19.0 Å². The fourth-order valence-corrected chi connectivity index (χ4v) is 4.38.